The second-order valence-electron chi connectivity index (χ2n) is 5.04. The summed E-state index contributed by atoms with van der Waals surface area (Å²) < 4.78 is 0. The molecular formula is C14H21N3O. The van der Waals surface area contributed by atoms with Gasteiger partial charge in [0.25, 0.3) is 0 Å². The van der Waals surface area contributed by atoms with Gasteiger partial charge in [-0.2, -0.15) is 0 Å². The van der Waals surface area contributed by atoms with Crippen LogP contribution < -0.4 is 10.2 Å². The minimum atomic E-state index is -0.0511. The van der Waals surface area contributed by atoms with Crippen molar-refractivity contribution in [2.45, 2.75) is 19.4 Å². The molecule has 4 heteroatoms. The first-order chi connectivity index (χ1) is 8.58. The molecule has 1 aliphatic rings. The lowest BCUT2D eigenvalue weighted by Crippen LogP contribution is -2.34. The van der Waals surface area contributed by atoms with Gasteiger partial charge in [0.1, 0.15) is 0 Å². The Morgan fingerprint density at radius 1 is 1.44 bits per heavy atom. The van der Waals surface area contributed by atoms with E-state index in [1.165, 1.54) is 23.2 Å². The third-order valence-corrected chi connectivity index (χ3v) is 3.34. The number of aryl methyl sites for hydroxylation is 1. The van der Waals surface area contributed by atoms with Crippen molar-refractivity contribution in [2.24, 2.45) is 0 Å². The van der Waals surface area contributed by atoms with Gasteiger partial charge in [0.15, 0.2) is 0 Å². The van der Waals surface area contributed by atoms with Gasteiger partial charge < -0.3 is 15.1 Å². The van der Waals surface area contributed by atoms with E-state index in [0.717, 1.165) is 13.0 Å². The molecule has 0 fully saturated rings. The molecule has 0 radical (unpaired) electrons. The topological polar surface area (TPSA) is 35.6 Å². The lowest BCUT2D eigenvalue weighted by Gasteiger charge is -2.27. The van der Waals surface area contributed by atoms with Crippen molar-refractivity contribution in [3.05, 3.63) is 29.3 Å². The van der Waals surface area contributed by atoms with E-state index < -0.39 is 0 Å². The Bertz CT molecular complexity index is 443. The van der Waals surface area contributed by atoms with Gasteiger partial charge in [-0.15, -0.1) is 0 Å². The molecule has 1 N–H and O–H groups in total. The molecule has 0 atom stereocenters. The van der Waals surface area contributed by atoms with E-state index in [-0.39, 0.29) is 6.03 Å². The fourth-order valence-electron chi connectivity index (χ4n) is 2.28. The summed E-state index contributed by atoms with van der Waals surface area (Å²) in [7, 11) is 5.62. The zero-order chi connectivity index (χ0) is 13.1. The molecule has 1 aromatic carbocycles. The molecule has 2 rings (SSSR count). The van der Waals surface area contributed by atoms with Gasteiger partial charge in [-0.25, -0.2) is 4.79 Å². The van der Waals surface area contributed by atoms with Crippen LogP contribution in [0.1, 0.15) is 17.5 Å². The van der Waals surface area contributed by atoms with E-state index in [4.69, 9.17) is 0 Å². The van der Waals surface area contributed by atoms with Crippen molar-refractivity contribution in [2.75, 3.05) is 32.6 Å². The normalized spacial score (nSPS) is 14.1. The Labute approximate surface area is 109 Å². The lowest BCUT2D eigenvalue weighted by molar-refractivity contribution is 0.217. The number of nitrogens with zero attached hydrogens (tertiary/aromatic N) is 2. The molecule has 4 nitrogen and oxygen atoms in total. The smallest absolute Gasteiger partial charge is 0.317 e. The number of rotatable bonds is 2. The molecule has 0 bridgehead atoms. The lowest BCUT2D eigenvalue weighted by atomic mass is 9.99. The van der Waals surface area contributed by atoms with Gasteiger partial charge >= 0.3 is 6.03 Å². The highest BCUT2D eigenvalue weighted by Crippen LogP contribution is 2.26. The third-order valence-electron chi connectivity index (χ3n) is 3.34. The highest BCUT2D eigenvalue weighted by Gasteiger charge is 2.13. The first-order valence-electron chi connectivity index (χ1n) is 6.36. The van der Waals surface area contributed by atoms with Crippen LogP contribution in [0.25, 0.3) is 0 Å². The number of fused-ring (bicyclic) bond motifs is 1. The van der Waals surface area contributed by atoms with Crippen LogP contribution in [0.15, 0.2) is 18.2 Å². The van der Waals surface area contributed by atoms with Crippen molar-refractivity contribution in [3.63, 3.8) is 0 Å². The van der Waals surface area contributed by atoms with E-state index in [1.807, 2.05) is 0 Å². The summed E-state index contributed by atoms with van der Waals surface area (Å²) in [6.45, 7) is 1.72. The number of carbonyl (C=O) groups excluding carboxylic acids is 1. The largest absolute Gasteiger partial charge is 0.374 e. The summed E-state index contributed by atoms with van der Waals surface area (Å²) in [6.07, 6.45) is 2.34. The quantitative estimate of drug-likeness (QED) is 0.865. The van der Waals surface area contributed by atoms with E-state index in [9.17, 15) is 4.79 Å². The Kier molecular flexibility index (Phi) is 3.75. The van der Waals surface area contributed by atoms with Crippen LogP contribution in [-0.4, -0.2) is 38.6 Å². The molecule has 98 valence electrons. The molecule has 0 aromatic heterocycles. The number of anilines is 1. The molecule has 0 aliphatic carbocycles. The third kappa shape index (κ3) is 2.75. The zero-order valence-corrected chi connectivity index (χ0v) is 11.4. The van der Waals surface area contributed by atoms with Crippen molar-refractivity contribution in [3.8, 4) is 0 Å². The minimum absolute atomic E-state index is 0.0511. The molecule has 0 saturated heterocycles. The van der Waals surface area contributed by atoms with Crippen LogP contribution in [0.2, 0.25) is 0 Å². The van der Waals surface area contributed by atoms with E-state index >= 15 is 0 Å². The van der Waals surface area contributed by atoms with Crippen molar-refractivity contribution in [1.29, 1.82) is 0 Å². The maximum atomic E-state index is 11.5. The van der Waals surface area contributed by atoms with Gasteiger partial charge in [0.05, 0.1) is 0 Å². The van der Waals surface area contributed by atoms with Gasteiger partial charge in [-0.05, 0) is 30.0 Å². The Morgan fingerprint density at radius 3 is 2.94 bits per heavy atom. The maximum Gasteiger partial charge on any atom is 0.317 e. The van der Waals surface area contributed by atoms with Crippen molar-refractivity contribution >= 4 is 11.7 Å². The summed E-state index contributed by atoms with van der Waals surface area (Å²) in [4.78, 5) is 15.3. The van der Waals surface area contributed by atoms with E-state index in [0.29, 0.717) is 6.54 Å². The van der Waals surface area contributed by atoms with Crippen LogP contribution in [0.3, 0.4) is 0 Å². The Balaban J connectivity index is 2.05. The van der Waals surface area contributed by atoms with Crippen LogP contribution in [0.4, 0.5) is 10.5 Å². The predicted octanol–water partition coefficient (Wildman–Crippen LogP) is 1.84. The SMILES string of the molecule is CN(C)C(=O)NCc1ccc2c(c1)CCCN2C. The van der Waals surface area contributed by atoms with Gasteiger partial charge in [0.2, 0.25) is 0 Å². The Hall–Kier alpha value is -1.71. The van der Waals surface area contributed by atoms with Crippen LogP contribution in [0.5, 0.6) is 0 Å². The average Bonchev–Trinajstić information content (AvgIpc) is 2.36. The molecule has 1 aromatic rings. The monoisotopic (exact) mass is 247 g/mol. The molecule has 1 aliphatic heterocycles. The number of carbonyl (C=O) groups is 1. The maximum absolute atomic E-state index is 11.5. The Morgan fingerprint density at radius 2 is 2.22 bits per heavy atom. The van der Waals surface area contributed by atoms with Gasteiger partial charge in [-0.1, -0.05) is 12.1 Å². The predicted molar refractivity (Wildman–Crippen MR) is 74.0 cm³/mol. The van der Waals surface area contributed by atoms with Crippen LogP contribution >= 0.6 is 0 Å². The number of hydrogen-bond donors (Lipinski definition) is 1. The standard InChI is InChI=1S/C14H21N3O/c1-16(2)14(18)15-10-11-6-7-13-12(9-11)5-4-8-17(13)3/h6-7,9H,4-5,8,10H2,1-3H3,(H,15,18). The summed E-state index contributed by atoms with van der Waals surface area (Å²) in [5, 5.41) is 2.89. The second-order valence-corrected chi connectivity index (χ2v) is 5.04. The molecular weight excluding hydrogens is 226 g/mol. The number of benzene rings is 1. The fourth-order valence-corrected chi connectivity index (χ4v) is 2.28. The van der Waals surface area contributed by atoms with Crippen molar-refractivity contribution in [1.82, 2.24) is 10.2 Å². The summed E-state index contributed by atoms with van der Waals surface area (Å²) in [5.41, 5.74) is 3.88. The van der Waals surface area contributed by atoms with Gasteiger partial charge in [0, 0.05) is 39.9 Å². The summed E-state index contributed by atoms with van der Waals surface area (Å²) in [5.74, 6) is 0. The second kappa shape index (κ2) is 5.29. The number of amides is 2. The van der Waals surface area contributed by atoms with E-state index in [1.54, 1.807) is 19.0 Å². The number of nitrogens with one attached hydrogen (secondary N) is 1. The molecule has 0 unspecified atom stereocenters. The highest BCUT2D eigenvalue weighted by molar-refractivity contribution is 5.73. The number of hydrogen-bond acceptors (Lipinski definition) is 2. The van der Waals surface area contributed by atoms with Crippen molar-refractivity contribution < 1.29 is 4.79 Å². The highest BCUT2D eigenvalue weighted by atomic mass is 16.2. The van der Waals surface area contributed by atoms with Crippen LogP contribution in [0, 0.1) is 0 Å². The van der Waals surface area contributed by atoms with E-state index in [2.05, 4.69) is 35.5 Å². The average molecular weight is 247 g/mol. The summed E-state index contributed by atoms with van der Waals surface area (Å²) >= 11 is 0. The molecule has 18 heavy (non-hydrogen) atoms. The fraction of sp³-hybridized carbons (Fsp3) is 0.500. The zero-order valence-electron chi connectivity index (χ0n) is 11.4. The molecule has 1 heterocycles. The number of urea groups is 1. The first-order valence-corrected chi connectivity index (χ1v) is 6.36. The first kappa shape index (κ1) is 12.7. The van der Waals surface area contributed by atoms with Crippen LogP contribution in [-0.2, 0) is 13.0 Å². The molecule has 0 saturated carbocycles. The minimum Gasteiger partial charge on any atom is -0.374 e. The van der Waals surface area contributed by atoms with Gasteiger partial charge in [-0.3, -0.25) is 0 Å². The summed E-state index contributed by atoms with van der Waals surface area (Å²) in [6, 6.07) is 6.41. The molecule has 0 spiro atoms. The molecule has 2 amide bonds.